The van der Waals surface area contributed by atoms with Crippen molar-refractivity contribution in [1.82, 2.24) is 4.90 Å². The van der Waals surface area contributed by atoms with E-state index in [-0.39, 0.29) is 0 Å². The van der Waals surface area contributed by atoms with Crippen LogP contribution in [0.5, 0.6) is 0 Å². The van der Waals surface area contributed by atoms with Gasteiger partial charge in [0.2, 0.25) is 0 Å². The summed E-state index contributed by atoms with van der Waals surface area (Å²) in [5, 5.41) is 8.95. The smallest absolute Gasteiger partial charge is 0.304 e. The summed E-state index contributed by atoms with van der Waals surface area (Å²) in [6.07, 6.45) is 5.27. The lowest BCUT2D eigenvalue weighted by atomic mass is 9.74. The summed E-state index contributed by atoms with van der Waals surface area (Å²) >= 11 is 0. The second-order valence-corrected chi connectivity index (χ2v) is 5.61. The SMILES string of the molecule is CCC1(CC)CN(C(CC(=O)O)C2CC2)C1. The van der Waals surface area contributed by atoms with Gasteiger partial charge in [-0.25, -0.2) is 0 Å². The van der Waals surface area contributed by atoms with E-state index in [1.807, 2.05) is 0 Å². The molecule has 0 bridgehead atoms. The maximum atomic E-state index is 10.9. The summed E-state index contributed by atoms with van der Waals surface area (Å²) in [6.45, 7) is 6.75. The molecular formula is C13H23NO2. The van der Waals surface area contributed by atoms with Gasteiger partial charge in [-0.2, -0.15) is 0 Å². The zero-order valence-corrected chi connectivity index (χ0v) is 10.4. The summed E-state index contributed by atoms with van der Waals surface area (Å²) in [5.74, 6) is 0.0326. The van der Waals surface area contributed by atoms with Crippen molar-refractivity contribution >= 4 is 5.97 Å². The highest BCUT2D eigenvalue weighted by atomic mass is 16.4. The van der Waals surface area contributed by atoms with Gasteiger partial charge in [0.1, 0.15) is 0 Å². The molecule has 1 heterocycles. The van der Waals surface area contributed by atoms with Gasteiger partial charge in [-0.15, -0.1) is 0 Å². The first-order chi connectivity index (χ1) is 7.60. The zero-order chi connectivity index (χ0) is 11.8. The Labute approximate surface area is 97.8 Å². The van der Waals surface area contributed by atoms with Crippen LogP contribution in [0.15, 0.2) is 0 Å². The minimum atomic E-state index is -0.637. The summed E-state index contributed by atoms with van der Waals surface area (Å²) in [7, 11) is 0. The molecule has 1 saturated heterocycles. The van der Waals surface area contributed by atoms with E-state index in [2.05, 4.69) is 18.7 Å². The predicted molar refractivity (Wildman–Crippen MR) is 63.4 cm³/mol. The Balaban J connectivity index is 1.89. The van der Waals surface area contributed by atoms with Crippen molar-refractivity contribution in [3.63, 3.8) is 0 Å². The maximum Gasteiger partial charge on any atom is 0.304 e. The standard InChI is InChI=1S/C13H23NO2/c1-3-13(4-2)8-14(9-13)11(7-12(15)16)10-5-6-10/h10-11H,3-9H2,1-2H3,(H,15,16). The first-order valence-electron chi connectivity index (χ1n) is 6.56. The lowest BCUT2D eigenvalue weighted by Gasteiger charge is -2.53. The molecule has 2 fully saturated rings. The minimum Gasteiger partial charge on any atom is -0.481 e. The highest BCUT2D eigenvalue weighted by Gasteiger charge is 2.47. The van der Waals surface area contributed by atoms with Crippen LogP contribution in [-0.4, -0.2) is 35.1 Å². The van der Waals surface area contributed by atoms with Gasteiger partial charge in [0.25, 0.3) is 0 Å². The molecule has 3 nitrogen and oxygen atoms in total. The van der Waals surface area contributed by atoms with Gasteiger partial charge in [-0.05, 0) is 37.0 Å². The van der Waals surface area contributed by atoms with Gasteiger partial charge in [0.05, 0.1) is 6.42 Å². The van der Waals surface area contributed by atoms with Crippen LogP contribution in [0.1, 0.15) is 46.0 Å². The number of rotatable bonds is 6. The molecule has 1 atom stereocenters. The number of nitrogens with zero attached hydrogens (tertiary/aromatic N) is 1. The Bertz CT molecular complexity index is 261. The van der Waals surface area contributed by atoms with Gasteiger partial charge in [0.15, 0.2) is 0 Å². The molecule has 0 radical (unpaired) electrons. The largest absolute Gasteiger partial charge is 0.481 e. The molecule has 1 aliphatic carbocycles. The summed E-state index contributed by atoms with van der Waals surface area (Å²) in [5.41, 5.74) is 0.492. The van der Waals surface area contributed by atoms with Crippen LogP contribution >= 0.6 is 0 Å². The Morgan fingerprint density at radius 1 is 1.38 bits per heavy atom. The van der Waals surface area contributed by atoms with Crippen molar-refractivity contribution in [2.45, 2.75) is 52.0 Å². The number of carboxylic acid groups (broad SMARTS) is 1. The number of aliphatic carboxylic acids is 1. The van der Waals surface area contributed by atoms with Crippen molar-refractivity contribution in [3.8, 4) is 0 Å². The van der Waals surface area contributed by atoms with Crippen LogP contribution in [0.4, 0.5) is 0 Å². The van der Waals surface area contributed by atoms with E-state index >= 15 is 0 Å². The fourth-order valence-electron chi connectivity index (χ4n) is 3.00. The highest BCUT2D eigenvalue weighted by Crippen LogP contribution is 2.44. The zero-order valence-electron chi connectivity index (χ0n) is 10.4. The number of carboxylic acids is 1. The van der Waals surface area contributed by atoms with E-state index < -0.39 is 5.97 Å². The van der Waals surface area contributed by atoms with Crippen LogP contribution in [0, 0.1) is 11.3 Å². The summed E-state index contributed by atoms with van der Waals surface area (Å²) in [4.78, 5) is 13.3. The normalized spacial score (nSPS) is 26.1. The van der Waals surface area contributed by atoms with Crippen LogP contribution in [0.3, 0.4) is 0 Å². The monoisotopic (exact) mass is 225 g/mol. The van der Waals surface area contributed by atoms with E-state index in [0.29, 0.717) is 23.8 Å². The summed E-state index contributed by atoms with van der Waals surface area (Å²) in [6, 6.07) is 0.323. The number of hydrogen-bond donors (Lipinski definition) is 1. The molecule has 0 aromatic carbocycles. The molecule has 0 amide bonds. The Morgan fingerprint density at radius 3 is 2.31 bits per heavy atom. The van der Waals surface area contributed by atoms with E-state index in [4.69, 9.17) is 5.11 Å². The van der Waals surface area contributed by atoms with E-state index in [1.54, 1.807) is 0 Å². The van der Waals surface area contributed by atoms with Crippen LogP contribution in [-0.2, 0) is 4.79 Å². The predicted octanol–water partition coefficient (Wildman–Crippen LogP) is 2.36. The molecule has 2 rings (SSSR count). The molecule has 1 N–H and O–H groups in total. The third-order valence-electron chi connectivity index (χ3n) is 4.60. The maximum absolute atomic E-state index is 10.9. The highest BCUT2D eigenvalue weighted by molar-refractivity contribution is 5.67. The first kappa shape index (κ1) is 11.9. The third kappa shape index (κ3) is 2.24. The Hall–Kier alpha value is -0.570. The number of carbonyl (C=O) groups is 1. The molecule has 3 heteroatoms. The third-order valence-corrected chi connectivity index (χ3v) is 4.60. The van der Waals surface area contributed by atoms with Crippen LogP contribution < -0.4 is 0 Å². The lowest BCUT2D eigenvalue weighted by molar-refractivity contribution is -0.140. The van der Waals surface area contributed by atoms with Crippen molar-refractivity contribution in [1.29, 1.82) is 0 Å². The van der Waals surface area contributed by atoms with Crippen molar-refractivity contribution in [2.75, 3.05) is 13.1 Å². The molecule has 2 aliphatic rings. The fraction of sp³-hybridized carbons (Fsp3) is 0.923. The molecule has 92 valence electrons. The first-order valence-corrected chi connectivity index (χ1v) is 6.56. The quantitative estimate of drug-likeness (QED) is 0.754. The molecule has 0 aromatic heterocycles. The molecule has 0 aromatic rings. The fourth-order valence-corrected chi connectivity index (χ4v) is 3.00. The second-order valence-electron chi connectivity index (χ2n) is 5.61. The number of likely N-dealkylation sites (tertiary alicyclic amines) is 1. The molecular weight excluding hydrogens is 202 g/mol. The minimum absolute atomic E-state index is 0.323. The molecule has 1 aliphatic heterocycles. The molecule has 16 heavy (non-hydrogen) atoms. The van der Waals surface area contributed by atoms with E-state index in [0.717, 1.165) is 13.1 Å². The lowest BCUT2D eigenvalue weighted by Crippen LogP contribution is -2.60. The van der Waals surface area contributed by atoms with Gasteiger partial charge in [-0.1, -0.05) is 13.8 Å². The Kier molecular flexibility index (Phi) is 3.24. The van der Waals surface area contributed by atoms with Crippen LogP contribution in [0.2, 0.25) is 0 Å². The van der Waals surface area contributed by atoms with E-state index in [9.17, 15) is 4.79 Å². The number of hydrogen-bond acceptors (Lipinski definition) is 2. The van der Waals surface area contributed by atoms with Crippen molar-refractivity contribution in [2.24, 2.45) is 11.3 Å². The van der Waals surface area contributed by atoms with Gasteiger partial charge in [-0.3, -0.25) is 9.69 Å². The average molecular weight is 225 g/mol. The molecule has 1 unspecified atom stereocenters. The summed E-state index contributed by atoms with van der Waals surface area (Å²) < 4.78 is 0. The average Bonchev–Trinajstić information content (AvgIpc) is 2.98. The molecule has 0 spiro atoms. The van der Waals surface area contributed by atoms with Crippen molar-refractivity contribution < 1.29 is 9.90 Å². The second kappa shape index (κ2) is 4.36. The van der Waals surface area contributed by atoms with E-state index in [1.165, 1.54) is 25.7 Å². The van der Waals surface area contributed by atoms with Gasteiger partial charge >= 0.3 is 5.97 Å². The van der Waals surface area contributed by atoms with Crippen molar-refractivity contribution in [3.05, 3.63) is 0 Å². The van der Waals surface area contributed by atoms with Gasteiger partial charge < -0.3 is 5.11 Å². The topological polar surface area (TPSA) is 40.5 Å². The van der Waals surface area contributed by atoms with Crippen LogP contribution in [0.25, 0.3) is 0 Å². The molecule has 1 saturated carbocycles. The Morgan fingerprint density at radius 2 is 1.94 bits per heavy atom. The van der Waals surface area contributed by atoms with Gasteiger partial charge in [0, 0.05) is 19.1 Å².